The molecule has 0 radical (unpaired) electrons. The van der Waals surface area contributed by atoms with Gasteiger partial charge >= 0.3 is 0 Å². The molecule has 1 nitrogen and oxygen atoms in total. The van der Waals surface area contributed by atoms with E-state index in [0.29, 0.717) is 0 Å². The predicted octanol–water partition coefficient (Wildman–Crippen LogP) is 0.725. The van der Waals surface area contributed by atoms with E-state index in [4.69, 9.17) is 0 Å². The number of fused-ring (bicyclic) bond motifs is 2. The Hall–Kier alpha value is -0.916. The van der Waals surface area contributed by atoms with E-state index in [9.17, 15) is 0 Å². The molecule has 2 heteroatoms. The van der Waals surface area contributed by atoms with Crippen LogP contribution in [0.3, 0.4) is 0 Å². The zero-order chi connectivity index (χ0) is 7.97. The van der Waals surface area contributed by atoms with E-state index in [0.717, 1.165) is 16.6 Å². The third-order valence-electron chi connectivity index (χ3n) is 2.14. The van der Waals surface area contributed by atoms with Crippen molar-refractivity contribution in [3.8, 4) is 0 Å². The second-order valence-electron chi connectivity index (χ2n) is 2.87. The van der Waals surface area contributed by atoms with Crippen molar-refractivity contribution in [1.82, 2.24) is 0 Å². The summed E-state index contributed by atoms with van der Waals surface area (Å²) in [5.41, 5.74) is 2.20. The third kappa shape index (κ3) is 1.16. The van der Waals surface area contributed by atoms with Gasteiger partial charge in [-0.1, -0.05) is 29.1 Å². The molecule has 0 saturated heterocycles. The number of para-hydroxylation sites is 1. The average molecular weight is 200 g/mol. The molecule has 0 N–H and O–H groups in total. The van der Waals surface area contributed by atoms with Gasteiger partial charge in [-0.2, -0.15) is 12.2 Å². The van der Waals surface area contributed by atoms with Gasteiger partial charge < -0.3 is 4.99 Å². The normalized spacial score (nSPS) is 15.7. The molecule has 0 fully saturated rings. The minimum Gasteiger partial charge on any atom is -0.316 e. The zero-order valence-corrected chi connectivity index (χ0v) is 8.47. The second-order valence-corrected chi connectivity index (χ2v) is 2.87. The van der Waals surface area contributed by atoms with Crippen LogP contribution < -0.4 is 10.6 Å². The Morgan fingerprint density at radius 3 is 2.92 bits per heavy atom. The van der Waals surface area contributed by atoms with E-state index in [1.165, 1.54) is 5.22 Å². The van der Waals surface area contributed by atoms with Crippen LogP contribution in [0.15, 0.2) is 47.1 Å². The van der Waals surface area contributed by atoms with E-state index >= 15 is 0 Å². The van der Waals surface area contributed by atoms with Crippen molar-refractivity contribution in [3.63, 3.8) is 0 Å². The average Bonchev–Trinajstić information content (AvgIpc) is 2.62. The fourth-order valence-electron chi connectivity index (χ4n) is 1.58. The largest absolute Gasteiger partial charge is 0.316 e. The van der Waals surface area contributed by atoms with Gasteiger partial charge in [-0.15, -0.1) is 11.6 Å². The van der Waals surface area contributed by atoms with Crippen molar-refractivity contribution in [2.75, 3.05) is 0 Å². The first-order valence-corrected chi connectivity index (χ1v) is 3.94. The van der Waals surface area contributed by atoms with Gasteiger partial charge in [0.2, 0.25) is 0 Å². The van der Waals surface area contributed by atoms with E-state index in [1.807, 2.05) is 30.4 Å². The maximum absolute atomic E-state index is 4.44. The van der Waals surface area contributed by atoms with Gasteiger partial charge in [0.1, 0.15) is 0 Å². The van der Waals surface area contributed by atoms with Crippen LogP contribution in [0.4, 0.5) is 0 Å². The first-order valence-electron chi connectivity index (χ1n) is 3.94. The minimum absolute atomic E-state index is 0. The van der Waals surface area contributed by atoms with Crippen LogP contribution in [0, 0.1) is 6.08 Å². The smallest absolute Gasteiger partial charge is 0.0178 e. The van der Waals surface area contributed by atoms with Crippen molar-refractivity contribution < 1.29 is 21.7 Å². The van der Waals surface area contributed by atoms with Crippen molar-refractivity contribution in [3.05, 3.63) is 58.8 Å². The molecule has 0 bridgehead atoms. The quantitative estimate of drug-likeness (QED) is 0.432. The Balaban J connectivity index is 0.000000653. The topological polar surface area (TPSA) is 12.4 Å². The predicted molar refractivity (Wildman–Crippen MR) is 46.5 cm³/mol. The SMILES string of the molecule is [C-]1=CC=C2N=c3ccccc3=C12.[Ti]. The fraction of sp³-hybridized carbons (Fsp3) is 0. The number of allylic oxidation sites excluding steroid dienone is 3. The molecule has 0 spiro atoms. The summed E-state index contributed by atoms with van der Waals surface area (Å²) in [5, 5.41) is 2.27. The van der Waals surface area contributed by atoms with Gasteiger partial charge in [-0.05, 0) is 6.07 Å². The van der Waals surface area contributed by atoms with Gasteiger partial charge in [0.05, 0.1) is 0 Å². The van der Waals surface area contributed by atoms with E-state index in [-0.39, 0.29) is 21.7 Å². The molecule has 0 aromatic heterocycles. The molecule has 0 atom stereocenters. The molecule has 0 amide bonds. The van der Waals surface area contributed by atoms with Crippen LogP contribution >= 0.6 is 0 Å². The maximum Gasteiger partial charge on any atom is 0.0178 e. The number of hydrogen-bond acceptors (Lipinski definition) is 1. The van der Waals surface area contributed by atoms with Crippen LogP contribution in [-0.4, -0.2) is 0 Å². The van der Waals surface area contributed by atoms with Gasteiger partial charge in [-0.25, -0.2) is 0 Å². The van der Waals surface area contributed by atoms with Crippen molar-refractivity contribution in [2.45, 2.75) is 0 Å². The molecule has 1 aromatic rings. The Morgan fingerprint density at radius 2 is 2.00 bits per heavy atom. The molecule has 1 aliphatic heterocycles. The van der Waals surface area contributed by atoms with Gasteiger partial charge in [-0.3, -0.25) is 0 Å². The third-order valence-corrected chi connectivity index (χ3v) is 2.14. The van der Waals surface area contributed by atoms with Crippen LogP contribution in [0.5, 0.6) is 0 Å². The van der Waals surface area contributed by atoms with Crippen molar-refractivity contribution in [2.24, 2.45) is 4.99 Å². The van der Waals surface area contributed by atoms with E-state index in [1.54, 1.807) is 0 Å². The summed E-state index contributed by atoms with van der Waals surface area (Å²) in [6, 6.07) is 8.16. The van der Waals surface area contributed by atoms with E-state index in [2.05, 4.69) is 17.1 Å². The zero-order valence-electron chi connectivity index (χ0n) is 6.91. The summed E-state index contributed by atoms with van der Waals surface area (Å²) < 4.78 is 0. The summed E-state index contributed by atoms with van der Waals surface area (Å²) in [7, 11) is 0. The molecule has 13 heavy (non-hydrogen) atoms. The van der Waals surface area contributed by atoms with Gasteiger partial charge in [0.15, 0.2) is 0 Å². The van der Waals surface area contributed by atoms with Crippen LogP contribution in [-0.2, 0) is 21.7 Å². The molecule has 1 heterocycles. The summed E-state index contributed by atoms with van der Waals surface area (Å²) in [6.45, 7) is 0. The molecule has 3 rings (SSSR count). The molecular weight excluding hydrogens is 194 g/mol. The molecule has 0 unspecified atom stereocenters. The number of rotatable bonds is 0. The molecule has 60 valence electrons. The number of nitrogens with zero attached hydrogens (tertiary/aromatic N) is 1. The fourth-order valence-corrected chi connectivity index (χ4v) is 1.58. The second kappa shape index (κ2) is 3.09. The van der Waals surface area contributed by atoms with Crippen molar-refractivity contribution >= 4 is 5.57 Å². The Bertz CT molecular complexity index is 523. The van der Waals surface area contributed by atoms with Crippen LogP contribution in [0.25, 0.3) is 5.57 Å². The Morgan fingerprint density at radius 1 is 1.15 bits per heavy atom. The standard InChI is InChI=1S/C11H6N.Ti/c1-2-6-10-8(4-1)9-5-3-7-11(9)12-10;/h1-4,6-7H;/q-1;. The number of hydrogen-bond donors (Lipinski definition) is 0. The molecule has 2 aliphatic rings. The van der Waals surface area contributed by atoms with Gasteiger partial charge in [0, 0.05) is 27.1 Å². The van der Waals surface area contributed by atoms with Crippen LogP contribution in [0.1, 0.15) is 0 Å². The summed E-state index contributed by atoms with van der Waals surface area (Å²) in [6.07, 6.45) is 7.10. The first-order chi connectivity index (χ1) is 5.95. The summed E-state index contributed by atoms with van der Waals surface area (Å²) in [4.78, 5) is 4.44. The van der Waals surface area contributed by atoms with Crippen LogP contribution in [0.2, 0.25) is 0 Å². The molecule has 1 aromatic carbocycles. The van der Waals surface area contributed by atoms with Crippen molar-refractivity contribution in [1.29, 1.82) is 0 Å². The summed E-state index contributed by atoms with van der Waals surface area (Å²) >= 11 is 0. The van der Waals surface area contributed by atoms with E-state index < -0.39 is 0 Å². The first kappa shape index (κ1) is 8.67. The summed E-state index contributed by atoms with van der Waals surface area (Å²) in [5.74, 6) is 0. The molecule has 1 aliphatic carbocycles. The number of benzene rings is 1. The Kier molecular flexibility index (Phi) is 2.06. The maximum atomic E-state index is 4.44. The molecule has 0 saturated carbocycles. The minimum atomic E-state index is 0. The Labute approximate surface area is 91.1 Å². The molecular formula is C11H6NTi-. The van der Waals surface area contributed by atoms with Gasteiger partial charge in [0.25, 0.3) is 0 Å². The monoisotopic (exact) mass is 200 g/mol.